The molecule has 4 heteroatoms. The average molecular weight is 263 g/mol. The minimum absolute atomic E-state index is 0.129. The standard InChI is InChI=1S/C15H25N3O/c1-12-11-17(2)15(19)14(9-10-16)18(12)13-7-5-3-4-6-8-13/h12-14H,3-9,11H2,1-2H3. The van der Waals surface area contributed by atoms with E-state index in [1.807, 2.05) is 7.05 Å². The SMILES string of the molecule is CC1CN(C)C(=O)C(CC#N)N1C1CCCCCC1. The molecular formula is C15H25N3O. The summed E-state index contributed by atoms with van der Waals surface area (Å²) in [7, 11) is 1.85. The summed E-state index contributed by atoms with van der Waals surface area (Å²) in [4.78, 5) is 16.5. The molecule has 0 spiro atoms. The van der Waals surface area contributed by atoms with Gasteiger partial charge in [-0.05, 0) is 19.8 Å². The van der Waals surface area contributed by atoms with E-state index in [0.29, 0.717) is 18.5 Å². The highest BCUT2D eigenvalue weighted by Gasteiger charge is 2.40. The van der Waals surface area contributed by atoms with Gasteiger partial charge in [0.2, 0.25) is 5.91 Å². The molecule has 2 unspecified atom stereocenters. The van der Waals surface area contributed by atoms with Crippen LogP contribution in [-0.2, 0) is 4.79 Å². The quantitative estimate of drug-likeness (QED) is 0.717. The van der Waals surface area contributed by atoms with Crippen LogP contribution < -0.4 is 0 Å². The van der Waals surface area contributed by atoms with Gasteiger partial charge in [-0.25, -0.2) is 0 Å². The molecule has 2 aliphatic rings. The third-order valence-electron chi connectivity index (χ3n) is 4.60. The second-order valence-corrected chi connectivity index (χ2v) is 6.04. The summed E-state index contributed by atoms with van der Waals surface area (Å²) < 4.78 is 0. The Morgan fingerprint density at radius 3 is 2.47 bits per heavy atom. The number of hydrogen-bond acceptors (Lipinski definition) is 3. The lowest BCUT2D eigenvalue weighted by Gasteiger charge is -2.47. The molecule has 0 aromatic rings. The molecule has 0 aromatic heterocycles. The maximum Gasteiger partial charge on any atom is 0.240 e. The van der Waals surface area contributed by atoms with Gasteiger partial charge in [-0.1, -0.05) is 25.7 Å². The molecule has 19 heavy (non-hydrogen) atoms. The van der Waals surface area contributed by atoms with Crippen LogP contribution in [0.25, 0.3) is 0 Å². The second-order valence-electron chi connectivity index (χ2n) is 6.04. The molecule has 0 aromatic carbocycles. The van der Waals surface area contributed by atoms with Crippen LogP contribution in [0.15, 0.2) is 0 Å². The highest BCUT2D eigenvalue weighted by molar-refractivity contribution is 5.83. The summed E-state index contributed by atoms with van der Waals surface area (Å²) in [5.41, 5.74) is 0. The predicted molar refractivity (Wildman–Crippen MR) is 74.4 cm³/mol. The van der Waals surface area contributed by atoms with Gasteiger partial charge in [-0.2, -0.15) is 5.26 Å². The number of hydrogen-bond donors (Lipinski definition) is 0. The molecule has 2 atom stereocenters. The van der Waals surface area contributed by atoms with E-state index in [1.54, 1.807) is 4.90 Å². The van der Waals surface area contributed by atoms with Crippen molar-refractivity contribution in [2.45, 2.75) is 70.0 Å². The summed E-state index contributed by atoms with van der Waals surface area (Å²) in [5, 5.41) is 9.03. The van der Waals surface area contributed by atoms with E-state index in [2.05, 4.69) is 17.9 Å². The number of nitriles is 1. The van der Waals surface area contributed by atoms with Crippen LogP contribution in [0.2, 0.25) is 0 Å². The van der Waals surface area contributed by atoms with Gasteiger partial charge < -0.3 is 4.90 Å². The van der Waals surface area contributed by atoms with Gasteiger partial charge >= 0.3 is 0 Å². The first kappa shape index (κ1) is 14.3. The first-order valence-electron chi connectivity index (χ1n) is 7.54. The molecule has 1 aliphatic carbocycles. The van der Waals surface area contributed by atoms with E-state index in [9.17, 15) is 4.79 Å². The summed E-state index contributed by atoms with van der Waals surface area (Å²) in [6.07, 6.45) is 7.84. The van der Waals surface area contributed by atoms with E-state index in [1.165, 1.54) is 38.5 Å². The highest BCUT2D eigenvalue weighted by Crippen LogP contribution is 2.29. The van der Waals surface area contributed by atoms with Gasteiger partial charge in [0.25, 0.3) is 0 Å². The van der Waals surface area contributed by atoms with Crippen molar-refractivity contribution in [3.8, 4) is 6.07 Å². The van der Waals surface area contributed by atoms with E-state index >= 15 is 0 Å². The summed E-state index contributed by atoms with van der Waals surface area (Å²) in [6, 6.07) is 2.84. The topological polar surface area (TPSA) is 47.3 Å². The Bertz CT molecular complexity index is 355. The fourth-order valence-corrected chi connectivity index (χ4v) is 3.72. The smallest absolute Gasteiger partial charge is 0.240 e. The van der Waals surface area contributed by atoms with Crippen LogP contribution in [0.5, 0.6) is 0 Å². The van der Waals surface area contributed by atoms with Crippen molar-refractivity contribution < 1.29 is 4.79 Å². The second kappa shape index (κ2) is 6.38. The molecule has 1 amide bonds. The first-order chi connectivity index (χ1) is 9.15. The van der Waals surface area contributed by atoms with E-state index in [0.717, 1.165) is 6.54 Å². The van der Waals surface area contributed by atoms with Crippen molar-refractivity contribution in [1.29, 1.82) is 5.26 Å². The minimum Gasteiger partial charge on any atom is -0.343 e. The Morgan fingerprint density at radius 1 is 1.26 bits per heavy atom. The zero-order valence-electron chi connectivity index (χ0n) is 12.1. The van der Waals surface area contributed by atoms with E-state index in [4.69, 9.17) is 5.26 Å². The number of piperazine rings is 1. The van der Waals surface area contributed by atoms with Gasteiger partial charge in [0.05, 0.1) is 12.5 Å². The molecule has 4 nitrogen and oxygen atoms in total. The van der Waals surface area contributed by atoms with Crippen LogP contribution in [-0.4, -0.2) is 47.4 Å². The summed E-state index contributed by atoms with van der Waals surface area (Å²) in [6.45, 7) is 2.98. The molecule has 0 bridgehead atoms. The fraction of sp³-hybridized carbons (Fsp3) is 0.867. The van der Waals surface area contributed by atoms with Crippen LogP contribution >= 0.6 is 0 Å². The van der Waals surface area contributed by atoms with Gasteiger partial charge in [0.1, 0.15) is 6.04 Å². The molecule has 0 N–H and O–H groups in total. The Morgan fingerprint density at radius 2 is 1.89 bits per heavy atom. The van der Waals surface area contributed by atoms with Crippen molar-refractivity contribution in [2.75, 3.05) is 13.6 Å². The third kappa shape index (κ3) is 3.09. The first-order valence-corrected chi connectivity index (χ1v) is 7.54. The lowest BCUT2D eigenvalue weighted by molar-refractivity contribution is -0.145. The highest BCUT2D eigenvalue weighted by atomic mass is 16.2. The van der Waals surface area contributed by atoms with Crippen molar-refractivity contribution in [3.05, 3.63) is 0 Å². The number of carbonyl (C=O) groups is 1. The van der Waals surface area contributed by atoms with Crippen molar-refractivity contribution in [3.63, 3.8) is 0 Å². The van der Waals surface area contributed by atoms with E-state index < -0.39 is 0 Å². The lowest BCUT2D eigenvalue weighted by atomic mass is 9.96. The number of rotatable bonds is 2. The molecule has 106 valence electrons. The van der Waals surface area contributed by atoms with Crippen LogP contribution in [0, 0.1) is 11.3 Å². The monoisotopic (exact) mass is 263 g/mol. The van der Waals surface area contributed by atoms with Crippen molar-refractivity contribution in [1.82, 2.24) is 9.80 Å². The largest absolute Gasteiger partial charge is 0.343 e. The molecule has 2 fully saturated rings. The molecule has 2 rings (SSSR count). The van der Waals surface area contributed by atoms with Crippen LogP contribution in [0.3, 0.4) is 0 Å². The van der Waals surface area contributed by atoms with Crippen LogP contribution in [0.1, 0.15) is 51.9 Å². The average Bonchev–Trinajstić information content (AvgIpc) is 2.65. The zero-order chi connectivity index (χ0) is 13.8. The maximum absolute atomic E-state index is 12.3. The Hall–Kier alpha value is -1.08. The van der Waals surface area contributed by atoms with Gasteiger partial charge in [-0.15, -0.1) is 0 Å². The number of nitrogens with zero attached hydrogens (tertiary/aromatic N) is 3. The van der Waals surface area contributed by atoms with E-state index in [-0.39, 0.29) is 11.9 Å². The fourth-order valence-electron chi connectivity index (χ4n) is 3.72. The number of amides is 1. The van der Waals surface area contributed by atoms with Crippen molar-refractivity contribution >= 4 is 5.91 Å². The molecular weight excluding hydrogens is 238 g/mol. The van der Waals surface area contributed by atoms with Crippen molar-refractivity contribution in [2.24, 2.45) is 0 Å². The third-order valence-corrected chi connectivity index (χ3v) is 4.60. The number of carbonyl (C=O) groups excluding carboxylic acids is 1. The minimum atomic E-state index is -0.221. The van der Waals surface area contributed by atoms with Crippen LogP contribution in [0.4, 0.5) is 0 Å². The molecule has 1 saturated carbocycles. The zero-order valence-corrected chi connectivity index (χ0v) is 12.1. The lowest BCUT2D eigenvalue weighted by Crippen LogP contribution is -2.62. The Kier molecular flexibility index (Phi) is 4.81. The Labute approximate surface area is 116 Å². The summed E-state index contributed by atoms with van der Waals surface area (Å²) in [5.74, 6) is 0.129. The van der Waals surface area contributed by atoms with Gasteiger partial charge in [0, 0.05) is 25.7 Å². The van der Waals surface area contributed by atoms with Gasteiger partial charge in [-0.3, -0.25) is 9.69 Å². The summed E-state index contributed by atoms with van der Waals surface area (Å²) >= 11 is 0. The predicted octanol–water partition coefficient (Wildman–Crippen LogP) is 2.15. The molecule has 0 radical (unpaired) electrons. The maximum atomic E-state index is 12.3. The molecule has 1 heterocycles. The number of likely N-dealkylation sites (N-methyl/N-ethyl adjacent to an activating group) is 1. The normalized spacial score (nSPS) is 31.0. The molecule has 1 aliphatic heterocycles. The Balaban J connectivity index is 2.17. The molecule has 1 saturated heterocycles. The van der Waals surface area contributed by atoms with Gasteiger partial charge in [0.15, 0.2) is 0 Å².